The third-order valence-corrected chi connectivity index (χ3v) is 3.98. The summed E-state index contributed by atoms with van der Waals surface area (Å²) in [6.07, 6.45) is 5.66. The van der Waals surface area contributed by atoms with Gasteiger partial charge in [0.05, 0.1) is 0 Å². The lowest BCUT2D eigenvalue weighted by Crippen LogP contribution is -2.39. The molecular weight excluding hydrogens is 269 g/mol. The molecule has 1 saturated heterocycles. The summed E-state index contributed by atoms with van der Waals surface area (Å²) in [6, 6.07) is 7.82. The zero-order valence-electron chi connectivity index (χ0n) is 11.8. The second-order valence-corrected chi connectivity index (χ2v) is 5.47. The Hall–Kier alpha value is -2.17. The summed E-state index contributed by atoms with van der Waals surface area (Å²) in [6.45, 7) is 2.34. The molecule has 1 fully saturated rings. The number of aromatic nitrogens is 2. The maximum atomic E-state index is 13.2. The number of hydrogen-bond donors (Lipinski definition) is 0. The number of carbonyl (C=O) groups excluding carboxylic acids is 1. The molecule has 3 rings (SSSR count). The highest BCUT2D eigenvalue weighted by Gasteiger charge is 2.24. The summed E-state index contributed by atoms with van der Waals surface area (Å²) in [4.78, 5) is 14.1. The molecule has 0 saturated carbocycles. The molecule has 0 unspecified atom stereocenters. The van der Waals surface area contributed by atoms with Gasteiger partial charge in [-0.25, -0.2) is 4.39 Å². The van der Waals surface area contributed by atoms with Crippen molar-refractivity contribution in [3.05, 3.63) is 54.1 Å². The zero-order chi connectivity index (χ0) is 14.7. The molecule has 1 aliphatic heterocycles. The Bertz CT molecular complexity index is 604. The standard InChI is InChI=1S/C16H18FN3O/c17-15-4-1-3-14(11-15)16(21)19-9-5-13(6-10-19)12-20-8-2-7-18-20/h1-4,7-8,11,13H,5-6,9-10,12H2. The number of nitrogens with zero attached hydrogens (tertiary/aromatic N) is 3. The van der Waals surface area contributed by atoms with Gasteiger partial charge in [0, 0.05) is 37.6 Å². The van der Waals surface area contributed by atoms with Crippen LogP contribution in [-0.2, 0) is 6.54 Å². The van der Waals surface area contributed by atoms with E-state index < -0.39 is 0 Å². The molecule has 0 radical (unpaired) electrons. The van der Waals surface area contributed by atoms with Gasteiger partial charge in [-0.2, -0.15) is 5.10 Å². The van der Waals surface area contributed by atoms with Crippen molar-refractivity contribution < 1.29 is 9.18 Å². The number of benzene rings is 1. The lowest BCUT2D eigenvalue weighted by Gasteiger charge is -2.32. The highest BCUT2D eigenvalue weighted by molar-refractivity contribution is 5.94. The van der Waals surface area contributed by atoms with Crippen LogP contribution in [0.5, 0.6) is 0 Å². The second kappa shape index (κ2) is 6.08. The molecule has 1 aromatic carbocycles. The first-order valence-corrected chi connectivity index (χ1v) is 7.24. The number of hydrogen-bond acceptors (Lipinski definition) is 2. The minimum Gasteiger partial charge on any atom is -0.339 e. The van der Waals surface area contributed by atoms with E-state index in [0.29, 0.717) is 11.5 Å². The molecule has 1 amide bonds. The maximum absolute atomic E-state index is 13.2. The van der Waals surface area contributed by atoms with Crippen LogP contribution in [0.15, 0.2) is 42.7 Å². The first-order chi connectivity index (χ1) is 10.2. The molecule has 0 aliphatic carbocycles. The summed E-state index contributed by atoms with van der Waals surface area (Å²) in [7, 11) is 0. The number of carbonyl (C=O) groups is 1. The summed E-state index contributed by atoms with van der Waals surface area (Å²) < 4.78 is 15.1. The van der Waals surface area contributed by atoms with Gasteiger partial charge in [-0.3, -0.25) is 9.48 Å². The van der Waals surface area contributed by atoms with E-state index in [1.807, 2.05) is 21.8 Å². The Morgan fingerprint density at radius 3 is 2.76 bits per heavy atom. The van der Waals surface area contributed by atoms with Crippen molar-refractivity contribution in [1.29, 1.82) is 0 Å². The van der Waals surface area contributed by atoms with E-state index in [1.165, 1.54) is 12.1 Å². The van der Waals surface area contributed by atoms with Crippen LogP contribution in [0.2, 0.25) is 0 Å². The van der Waals surface area contributed by atoms with Crippen molar-refractivity contribution in [1.82, 2.24) is 14.7 Å². The zero-order valence-corrected chi connectivity index (χ0v) is 11.8. The van der Waals surface area contributed by atoms with Gasteiger partial charge >= 0.3 is 0 Å². The highest BCUT2D eigenvalue weighted by atomic mass is 19.1. The van der Waals surface area contributed by atoms with Crippen molar-refractivity contribution in [2.75, 3.05) is 13.1 Å². The van der Waals surface area contributed by atoms with E-state index in [-0.39, 0.29) is 11.7 Å². The monoisotopic (exact) mass is 287 g/mol. The van der Waals surface area contributed by atoms with Crippen LogP contribution in [0.3, 0.4) is 0 Å². The van der Waals surface area contributed by atoms with Crippen LogP contribution in [0, 0.1) is 11.7 Å². The van der Waals surface area contributed by atoms with Gasteiger partial charge in [0.15, 0.2) is 0 Å². The summed E-state index contributed by atoms with van der Waals surface area (Å²) in [5.74, 6) is 0.0999. The normalized spacial score (nSPS) is 16.1. The quantitative estimate of drug-likeness (QED) is 0.870. The fraction of sp³-hybridized carbons (Fsp3) is 0.375. The molecular formula is C16H18FN3O. The van der Waals surface area contributed by atoms with Crippen LogP contribution in [-0.4, -0.2) is 33.7 Å². The Morgan fingerprint density at radius 1 is 1.29 bits per heavy atom. The third kappa shape index (κ3) is 3.29. The molecule has 0 atom stereocenters. The SMILES string of the molecule is O=C(c1cccc(F)c1)N1CCC(Cn2cccn2)CC1. The van der Waals surface area contributed by atoms with E-state index in [0.717, 1.165) is 32.5 Å². The van der Waals surface area contributed by atoms with Crippen molar-refractivity contribution >= 4 is 5.91 Å². The molecule has 110 valence electrons. The number of rotatable bonds is 3. The van der Waals surface area contributed by atoms with Crippen LogP contribution in [0.4, 0.5) is 4.39 Å². The van der Waals surface area contributed by atoms with Gasteiger partial charge in [0.1, 0.15) is 5.82 Å². The lowest BCUT2D eigenvalue weighted by molar-refractivity contribution is 0.0681. The van der Waals surface area contributed by atoms with Crippen molar-refractivity contribution in [2.45, 2.75) is 19.4 Å². The predicted molar refractivity (Wildman–Crippen MR) is 77.3 cm³/mol. The minimum absolute atomic E-state index is 0.0768. The van der Waals surface area contributed by atoms with E-state index in [1.54, 1.807) is 18.3 Å². The molecule has 1 aromatic heterocycles. The Labute approximate surface area is 123 Å². The summed E-state index contributed by atoms with van der Waals surface area (Å²) in [5, 5.41) is 4.22. The van der Waals surface area contributed by atoms with Gasteiger partial charge in [-0.1, -0.05) is 6.07 Å². The number of amides is 1. The van der Waals surface area contributed by atoms with Crippen LogP contribution in [0.1, 0.15) is 23.2 Å². The fourth-order valence-electron chi connectivity index (χ4n) is 2.80. The second-order valence-electron chi connectivity index (χ2n) is 5.47. The number of piperidine rings is 1. The van der Waals surface area contributed by atoms with E-state index in [9.17, 15) is 9.18 Å². The molecule has 0 N–H and O–H groups in total. The average molecular weight is 287 g/mol. The van der Waals surface area contributed by atoms with Gasteiger partial charge in [-0.05, 0) is 43.0 Å². The molecule has 2 heterocycles. The molecule has 5 heteroatoms. The predicted octanol–water partition coefficient (Wildman–Crippen LogP) is 2.57. The summed E-state index contributed by atoms with van der Waals surface area (Å²) in [5.41, 5.74) is 0.431. The third-order valence-electron chi connectivity index (χ3n) is 3.98. The maximum Gasteiger partial charge on any atom is 0.253 e. The Morgan fingerprint density at radius 2 is 2.10 bits per heavy atom. The average Bonchev–Trinajstić information content (AvgIpc) is 3.00. The van der Waals surface area contributed by atoms with Crippen molar-refractivity contribution in [2.24, 2.45) is 5.92 Å². The molecule has 21 heavy (non-hydrogen) atoms. The largest absolute Gasteiger partial charge is 0.339 e. The number of halogens is 1. The first-order valence-electron chi connectivity index (χ1n) is 7.24. The smallest absolute Gasteiger partial charge is 0.253 e. The Kier molecular flexibility index (Phi) is 3.99. The Balaban J connectivity index is 1.57. The van der Waals surface area contributed by atoms with Gasteiger partial charge in [0.25, 0.3) is 5.91 Å². The summed E-state index contributed by atoms with van der Waals surface area (Å²) >= 11 is 0. The van der Waals surface area contributed by atoms with Gasteiger partial charge < -0.3 is 4.90 Å². The minimum atomic E-state index is -0.366. The van der Waals surface area contributed by atoms with E-state index >= 15 is 0 Å². The van der Waals surface area contributed by atoms with Gasteiger partial charge in [0.2, 0.25) is 0 Å². The van der Waals surface area contributed by atoms with E-state index in [4.69, 9.17) is 0 Å². The molecule has 0 spiro atoms. The van der Waals surface area contributed by atoms with Crippen molar-refractivity contribution in [3.8, 4) is 0 Å². The van der Waals surface area contributed by atoms with E-state index in [2.05, 4.69) is 5.10 Å². The number of likely N-dealkylation sites (tertiary alicyclic amines) is 1. The molecule has 2 aromatic rings. The van der Waals surface area contributed by atoms with Crippen LogP contribution in [0.25, 0.3) is 0 Å². The molecule has 0 bridgehead atoms. The van der Waals surface area contributed by atoms with Gasteiger partial charge in [-0.15, -0.1) is 0 Å². The topological polar surface area (TPSA) is 38.1 Å². The van der Waals surface area contributed by atoms with Crippen LogP contribution < -0.4 is 0 Å². The lowest BCUT2D eigenvalue weighted by atomic mass is 9.96. The molecule has 1 aliphatic rings. The molecule has 4 nitrogen and oxygen atoms in total. The fourth-order valence-corrected chi connectivity index (χ4v) is 2.80. The van der Waals surface area contributed by atoms with Crippen LogP contribution >= 0.6 is 0 Å². The van der Waals surface area contributed by atoms with Crippen molar-refractivity contribution in [3.63, 3.8) is 0 Å². The highest BCUT2D eigenvalue weighted by Crippen LogP contribution is 2.20. The first kappa shape index (κ1) is 13.8.